The van der Waals surface area contributed by atoms with Gasteiger partial charge in [-0.25, -0.2) is 0 Å². The lowest BCUT2D eigenvalue weighted by Crippen LogP contribution is -2.54. The molecule has 1 unspecified atom stereocenters. The first-order valence-electron chi connectivity index (χ1n) is 6.68. The van der Waals surface area contributed by atoms with Crippen LogP contribution in [-0.4, -0.2) is 61.9 Å². The van der Waals surface area contributed by atoms with Gasteiger partial charge in [0, 0.05) is 5.92 Å². The van der Waals surface area contributed by atoms with Gasteiger partial charge in [-0.3, -0.25) is 9.29 Å². The van der Waals surface area contributed by atoms with E-state index in [1.807, 2.05) is 0 Å². The molecule has 0 aliphatic rings. The predicted octanol–water partition coefficient (Wildman–Crippen LogP) is 3.65. The number of halogens is 10. The first-order chi connectivity index (χ1) is 11.6. The predicted molar refractivity (Wildman–Crippen MR) is 67.9 cm³/mol. The second-order valence-corrected chi connectivity index (χ2v) is 7.12. The van der Waals surface area contributed by atoms with Crippen molar-refractivity contribution in [3.05, 3.63) is 0 Å². The van der Waals surface area contributed by atoms with Crippen molar-refractivity contribution in [1.82, 2.24) is 0 Å². The quantitative estimate of drug-likeness (QED) is 0.408. The minimum absolute atomic E-state index is 0.641. The Bertz CT molecular complexity index is 603. The fourth-order valence-electron chi connectivity index (χ4n) is 1.48. The van der Waals surface area contributed by atoms with E-state index in [4.69, 9.17) is 4.55 Å². The number of ether oxygens (including phenoxy) is 2. The first kappa shape index (κ1) is 26.1. The van der Waals surface area contributed by atoms with Crippen LogP contribution in [0.3, 0.4) is 0 Å². The monoisotopic (exact) mass is 448 g/mol. The molecule has 0 saturated heterocycles. The van der Waals surface area contributed by atoms with Crippen LogP contribution in [0.15, 0.2) is 0 Å². The van der Waals surface area contributed by atoms with Crippen LogP contribution in [0.1, 0.15) is 13.8 Å². The zero-order chi connectivity index (χ0) is 22.1. The van der Waals surface area contributed by atoms with Crippen molar-refractivity contribution in [3.63, 3.8) is 0 Å². The maximum atomic E-state index is 13.7. The minimum atomic E-state index is -6.37. The van der Waals surface area contributed by atoms with Crippen LogP contribution in [0.5, 0.6) is 0 Å². The third kappa shape index (κ3) is 7.23. The van der Waals surface area contributed by atoms with Crippen LogP contribution in [0.25, 0.3) is 0 Å². The van der Waals surface area contributed by atoms with Crippen LogP contribution in [0.2, 0.25) is 0 Å². The third-order valence-corrected chi connectivity index (χ3v) is 3.57. The Morgan fingerprint density at radius 1 is 0.889 bits per heavy atom. The Labute approximate surface area is 146 Å². The van der Waals surface area contributed by atoms with Crippen LogP contribution < -0.4 is 0 Å². The number of hydrogen-bond donors (Lipinski definition) is 1. The Hall–Kier alpha value is -0.870. The summed E-state index contributed by atoms with van der Waals surface area (Å²) in [7, 11) is -5.64. The van der Waals surface area contributed by atoms with E-state index in [2.05, 4.69) is 9.47 Å². The number of hydrogen-bond acceptors (Lipinski definition) is 4. The fourth-order valence-corrected chi connectivity index (χ4v) is 1.96. The normalized spacial score (nSPS) is 17.3. The van der Waals surface area contributed by atoms with Gasteiger partial charge in [-0.15, -0.1) is 0 Å². The van der Waals surface area contributed by atoms with Gasteiger partial charge in [0.1, 0.15) is 13.2 Å². The molecule has 0 bridgehead atoms. The summed E-state index contributed by atoms with van der Waals surface area (Å²) >= 11 is 0. The highest BCUT2D eigenvalue weighted by Crippen LogP contribution is 2.42. The van der Waals surface area contributed by atoms with Gasteiger partial charge >= 0.3 is 30.0 Å². The molecule has 16 heteroatoms. The molecule has 1 atom stereocenters. The van der Waals surface area contributed by atoms with Gasteiger partial charge in [0.15, 0.2) is 5.75 Å². The summed E-state index contributed by atoms with van der Waals surface area (Å²) < 4.78 is 166. The van der Waals surface area contributed by atoms with E-state index in [0.29, 0.717) is 13.8 Å². The minimum Gasteiger partial charge on any atom is -0.369 e. The Morgan fingerprint density at radius 2 is 1.33 bits per heavy atom. The van der Waals surface area contributed by atoms with Gasteiger partial charge in [-0.2, -0.15) is 52.3 Å². The lowest BCUT2D eigenvalue weighted by atomic mass is 10.0. The number of rotatable bonds is 10. The van der Waals surface area contributed by atoms with Gasteiger partial charge in [0.25, 0.3) is 10.1 Å². The Kier molecular flexibility index (Phi) is 7.61. The lowest BCUT2D eigenvalue weighted by molar-refractivity contribution is -0.415. The molecule has 0 radical (unpaired) electrons. The molecule has 27 heavy (non-hydrogen) atoms. The van der Waals surface area contributed by atoms with Crippen molar-refractivity contribution in [2.24, 2.45) is 5.92 Å². The van der Waals surface area contributed by atoms with E-state index in [-0.39, 0.29) is 0 Å². The van der Waals surface area contributed by atoms with Gasteiger partial charge in [-0.05, 0) is 0 Å². The third-order valence-electron chi connectivity index (χ3n) is 2.87. The van der Waals surface area contributed by atoms with E-state index in [1.165, 1.54) is 0 Å². The molecule has 0 aromatic heterocycles. The highest BCUT2D eigenvalue weighted by molar-refractivity contribution is 7.85. The standard InChI is InChI=1S/C11H14F10O5S/c1-6(2)10(17,18)7(12,13)3-25-4-8(14,11(19,20)21)26-9(15,16)5-27(22,23)24/h6H,3-5H2,1-2H3,(H,22,23,24). The number of alkyl halides is 10. The smallest absolute Gasteiger partial charge is 0.369 e. The summed E-state index contributed by atoms with van der Waals surface area (Å²) in [4.78, 5) is 0. The highest BCUT2D eigenvalue weighted by Gasteiger charge is 2.64. The van der Waals surface area contributed by atoms with Crippen LogP contribution in [-0.2, 0) is 19.6 Å². The molecule has 0 saturated carbocycles. The Morgan fingerprint density at radius 3 is 1.67 bits per heavy atom. The largest absolute Gasteiger partial charge is 0.451 e. The van der Waals surface area contributed by atoms with Crippen LogP contribution in [0.4, 0.5) is 43.9 Å². The maximum absolute atomic E-state index is 13.7. The van der Waals surface area contributed by atoms with Gasteiger partial charge in [0.2, 0.25) is 0 Å². The molecule has 0 aromatic carbocycles. The Balaban J connectivity index is 5.36. The SMILES string of the molecule is CC(C)C(F)(F)C(F)(F)COCC(F)(OC(F)(F)CS(=O)(=O)O)C(F)(F)F. The zero-order valence-corrected chi connectivity index (χ0v) is 14.3. The van der Waals surface area contributed by atoms with Crippen LogP contribution >= 0.6 is 0 Å². The van der Waals surface area contributed by atoms with Crippen LogP contribution in [0, 0.1) is 5.92 Å². The molecule has 0 fully saturated rings. The second-order valence-electron chi connectivity index (χ2n) is 5.67. The second kappa shape index (κ2) is 7.87. The summed E-state index contributed by atoms with van der Waals surface area (Å²) in [6, 6.07) is 0. The molecule has 0 aromatic rings. The maximum Gasteiger partial charge on any atom is 0.451 e. The summed E-state index contributed by atoms with van der Waals surface area (Å²) in [6.07, 6.45) is -11.8. The summed E-state index contributed by atoms with van der Waals surface area (Å²) in [5.41, 5.74) is 0. The van der Waals surface area contributed by atoms with Crippen molar-refractivity contribution in [1.29, 1.82) is 0 Å². The summed E-state index contributed by atoms with van der Waals surface area (Å²) in [5, 5.41) is 0. The van der Waals surface area contributed by atoms with E-state index in [1.54, 1.807) is 0 Å². The topological polar surface area (TPSA) is 72.8 Å². The molecule has 0 spiro atoms. The molecule has 0 rings (SSSR count). The summed E-state index contributed by atoms with van der Waals surface area (Å²) in [6.45, 7) is -3.96. The fraction of sp³-hybridized carbons (Fsp3) is 1.00. The molecule has 1 N–H and O–H groups in total. The van der Waals surface area contributed by atoms with Crippen molar-refractivity contribution in [2.75, 3.05) is 19.0 Å². The van der Waals surface area contributed by atoms with E-state index in [9.17, 15) is 52.3 Å². The van der Waals surface area contributed by atoms with Gasteiger partial charge in [0.05, 0.1) is 0 Å². The summed E-state index contributed by atoms with van der Waals surface area (Å²) in [5.74, 6) is -20.2. The van der Waals surface area contributed by atoms with Crippen molar-refractivity contribution in [2.45, 2.75) is 43.8 Å². The average molecular weight is 448 g/mol. The molecule has 5 nitrogen and oxygen atoms in total. The van der Waals surface area contributed by atoms with E-state index >= 15 is 0 Å². The van der Waals surface area contributed by atoms with Gasteiger partial charge in [-0.1, -0.05) is 13.8 Å². The average Bonchev–Trinajstić information content (AvgIpc) is 2.32. The molecular formula is C11H14F10O5S. The molecule has 0 aliphatic carbocycles. The molecular weight excluding hydrogens is 434 g/mol. The van der Waals surface area contributed by atoms with Crippen molar-refractivity contribution < 1.29 is 66.3 Å². The van der Waals surface area contributed by atoms with Crippen molar-refractivity contribution >= 4 is 10.1 Å². The van der Waals surface area contributed by atoms with E-state index in [0.717, 1.165) is 0 Å². The zero-order valence-electron chi connectivity index (χ0n) is 13.5. The molecule has 0 aliphatic heterocycles. The first-order valence-corrected chi connectivity index (χ1v) is 8.29. The lowest BCUT2D eigenvalue weighted by Gasteiger charge is -2.33. The molecule has 164 valence electrons. The van der Waals surface area contributed by atoms with E-state index < -0.39 is 65.0 Å². The highest BCUT2D eigenvalue weighted by atomic mass is 32.2. The molecule has 0 amide bonds. The molecule has 0 heterocycles. The van der Waals surface area contributed by atoms with Crippen molar-refractivity contribution in [3.8, 4) is 0 Å². The van der Waals surface area contributed by atoms with Gasteiger partial charge < -0.3 is 4.74 Å².